The molecule has 102 valence electrons. The number of rotatable bonds is 6. The van der Waals surface area contributed by atoms with E-state index in [-0.39, 0.29) is 18.3 Å². The number of methoxy groups -OCH3 is 1. The van der Waals surface area contributed by atoms with Crippen molar-refractivity contribution in [3.63, 3.8) is 0 Å². The average molecular weight is 260 g/mol. The van der Waals surface area contributed by atoms with Crippen LogP contribution in [0.25, 0.3) is 0 Å². The molecule has 0 spiro atoms. The molecule has 0 fully saturated rings. The van der Waals surface area contributed by atoms with Gasteiger partial charge >= 0.3 is 5.97 Å². The van der Waals surface area contributed by atoms with Crippen LogP contribution in [0.1, 0.15) is 18.1 Å². The Labute approximate surface area is 114 Å². The van der Waals surface area contributed by atoms with Crippen LogP contribution in [0.3, 0.4) is 0 Å². The van der Waals surface area contributed by atoms with Crippen molar-refractivity contribution in [2.45, 2.75) is 19.9 Å². The number of ether oxygens (including phenoxy) is 1. The highest BCUT2D eigenvalue weighted by Crippen LogP contribution is 2.13. The number of carbonyl (C=O) groups is 1. The highest BCUT2D eigenvalue weighted by molar-refractivity contribution is 5.72. The summed E-state index contributed by atoms with van der Waals surface area (Å²) in [6.07, 6.45) is 0.286. The minimum absolute atomic E-state index is 0.00207. The van der Waals surface area contributed by atoms with Gasteiger partial charge in [0.05, 0.1) is 25.5 Å². The number of carbonyl (C=O) groups excluding carboxylic acids is 1. The number of hydrogen-bond acceptors (Lipinski definition) is 4. The largest absolute Gasteiger partial charge is 0.469 e. The van der Waals surface area contributed by atoms with Gasteiger partial charge in [0.15, 0.2) is 0 Å². The number of nitrogens with zero attached hydrogens (tertiary/aromatic N) is 2. The lowest BCUT2D eigenvalue weighted by Gasteiger charge is -2.19. The molecule has 0 aliphatic rings. The molecule has 0 saturated heterocycles. The van der Waals surface area contributed by atoms with E-state index in [1.807, 2.05) is 38.2 Å². The zero-order valence-corrected chi connectivity index (χ0v) is 11.7. The second kappa shape index (κ2) is 7.55. The van der Waals surface area contributed by atoms with Crippen LogP contribution in [-0.4, -0.2) is 31.6 Å². The molecule has 1 rings (SSSR count). The fourth-order valence-corrected chi connectivity index (χ4v) is 1.98. The molecule has 4 heteroatoms. The van der Waals surface area contributed by atoms with Gasteiger partial charge in [-0.05, 0) is 25.1 Å². The molecule has 4 nitrogen and oxygen atoms in total. The van der Waals surface area contributed by atoms with Gasteiger partial charge < -0.3 is 9.64 Å². The zero-order chi connectivity index (χ0) is 14.3. The zero-order valence-electron chi connectivity index (χ0n) is 11.7. The van der Waals surface area contributed by atoms with Crippen molar-refractivity contribution in [3.05, 3.63) is 35.4 Å². The first kappa shape index (κ1) is 15.2. The summed E-state index contributed by atoms with van der Waals surface area (Å²) in [7, 11) is 3.37. The Hall–Kier alpha value is -1.86. The first-order valence-corrected chi connectivity index (χ1v) is 6.28. The Bertz CT molecular complexity index is 465. The van der Waals surface area contributed by atoms with Crippen molar-refractivity contribution >= 4 is 5.97 Å². The summed E-state index contributed by atoms with van der Waals surface area (Å²) in [6, 6.07) is 10.0. The number of esters is 1. The van der Waals surface area contributed by atoms with E-state index in [4.69, 9.17) is 10.00 Å². The van der Waals surface area contributed by atoms with E-state index in [0.717, 1.165) is 17.7 Å². The van der Waals surface area contributed by atoms with Gasteiger partial charge in [-0.2, -0.15) is 5.26 Å². The Balaban J connectivity index is 2.72. The van der Waals surface area contributed by atoms with Crippen molar-refractivity contribution in [1.29, 1.82) is 5.26 Å². The molecule has 0 bridgehead atoms. The predicted octanol–water partition coefficient (Wildman–Crippen LogP) is 1.99. The summed E-state index contributed by atoms with van der Waals surface area (Å²) in [6.45, 7) is 3.33. The minimum atomic E-state index is -0.236. The molecule has 19 heavy (non-hydrogen) atoms. The van der Waals surface area contributed by atoms with E-state index in [9.17, 15) is 4.79 Å². The molecule has 0 aromatic heterocycles. The van der Waals surface area contributed by atoms with E-state index < -0.39 is 0 Å². The molecule has 0 heterocycles. The maximum absolute atomic E-state index is 11.4. The monoisotopic (exact) mass is 260 g/mol. The topological polar surface area (TPSA) is 53.3 Å². The first-order valence-electron chi connectivity index (χ1n) is 6.28. The summed E-state index contributed by atoms with van der Waals surface area (Å²) in [5.41, 5.74) is 2.08. The normalized spacial score (nSPS) is 11.9. The standard InChI is InChI=1S/C15H20N2O2/c1-12(9-16)10-17(2)11-14-7-5-4-6-13(14)8-15(18)19-3/h4-7,12H,8,10-11H2,1-3H3. The van der Waals surface area contributed by atoms with Crippen LogP contribution in [0.4, 0.5) is 0 Å². The van der Waals surface area contributed by atoms with Gasteiger partial charge in [-0.25, -0.2) is 0 Å². The highest BCUT2D eigenvalue weighted by atomic mass is 16.5. The summed E-state index contributed by atoms with van der Waals surface area (Å²) in [4.78, 5) is 13.5. The fourth-order valence-electron chi connectivity index (χ4n) is 1.98. The summed E-state index contributed by atoms with van der Waals surface area (Å²) in [5, 5.41) is 8.82. The lowest BCUT2D eigenvalue weighted by molar-refractivity contribution is -0.139. The lowest BCUT2D eigenvalue weighted by Crippen LogP contribution is -2.24. The van der Waals surface area contributed by atoms with Crippen LogP contribution < -0.4 is 0 Å². The van der Waals surface area contributed by atoms with Gasteiger partial charge in [-0.1, -0.05) is 24.3 Å². The van der Waals surface area contributed by atoms with Gasteiger partial charge in [0.2, 0.25) is 0 Å². The predicted molar refractivity (Wildman–Crippen MR) is 73.3 cm³/mol. The van der Waals surface area contributed by atoms with Crippen molar-refractivity contribution in [1.82, 2.24) is 4.90 Å². The van der Waals surface area contributed by atoms with Crippen molar-refractivity contribution < 1.29 is 9.53 Å². The maximum Gasteiger partial charge on any atom is 0.309 e. The SMILES string of the molecule is COC(=O)Cc1ccccc1CN(C)CC(C)C#N. The molecule has 0 saturated carbocycles. The van der Waals surface area contributed by atoms with Gasteiger partial charge in [0, 0.05) is 13.1 Å². The Kier molecular flexibility index (Phi) is 6.04. The fraction of sp³-hybridized carbons (Fsp3) is 0.467. The molecule has 0 radical (unpaired) electrons. The molecule has 1 atom stereocenters. The quantitative estimate of drug-likeness (QED) is 0.734. The van der Waals surface area contributed by atoms with Crippen LogP contribution in [0.5, 0.6) is 0 Å². The molecular formula is C15H20N2O2. The van der Waals surface area contributed by atoms with E-state index in [1.54, 1.807) is 0 Å². The molecule has 1 unspecified atom stereocenters. The first-order chi connectivity index (χ1) is 9.06. The van der Waals surface area contributed by atoms with Crippen LogP contribution in [0.2, 0.25) is 0 Å². The van der Waals surface area contributed by atoms with Gasteiger partial charge in [-0.3, -0.25) is 4.79 Å². The van der Waals surface area contributed by atoms with Crippen LogP contribution in [0, 0.1) is 17.2 Å². The highest BCUT2D eigenvalue weighted by Gasteiger charge is 2.11. The van der Waals surface area contributed by atoms with Gasteiger partial charge in [0.1, 0.15) is 0 Å². The van der Waals surface area contributed by atoms with Crippen LogP contribution in [0.15, 0.2) is 24.3 Å². The molecule has 0 aliphatic carbocycles. The van der Waals surface area contributed by atoms with Crippen molar-refractivity contribution in [2.24, 2.45) is 5.92 Å². The van der Waals surface area contributed by atoms with E-state index in [1.165, 1.54) is 7.11 Å². The third kappa shape index (κ3) is 5.11. The van der Waals surface area contributed by atoms with E-state index in [0.29, 0.717) is 6.54 Å². The molecule has 0 aliphatic heterocycles. The van der Waals surface area contributed by atoms with Crippen molar-refractivity contribution in [2.75, 3.05) is 20.7 Å². The van der Waals surface area contributed by atoms with Crippen LogP contribution in [-0.2, 0) is 22.5 Å². The summed E-state index contributed by atoms with van der Waals surface area (Å²) in [5.74, 6) is -0.238. The van der Waals surface area contributed by atoms with E-state index in [2.05, 4.69) is 11.0 Å². The smallest absolute Gasteiger partial charge is 0.309 e. The number of nitriles is 1. The molecule has 0 N–H and O–H groups in total. The molecule has 1 aromatic rings. The van der Waals surface area contributed by atoms with E-state index >= 15 is 0 Å². The van der Waals surface area contributed by atoms with Gasteiger partial charge in [0.25, 0.3) is 0 Å². The molecule has 0 amide bonds. The van der Waals surface area contributed by atoms with Crippen molar-refractivity contribution in [3.8, 4) is 6.07 Å². The molecule has 1 aromatic carbocycles. The maximum atomic E-state index is 11.4. The summed E-state index contributed by atoms with van der Waals surface area (Å²) >= 11 is 0. The Morgan fingerprint density at radius 2 is 2.05 bits per heavy atom. The second-order valence-electron chi connectivity index (χ2n) is 4.75. The Morgan fingerprint density at radius 1 is 1.42 bits per heavy atom. The lowest BCUT2D eigenvalue weighted by atomic mass is 10.0. The summed E-state index contributed by atoms with van der Waals surface area (Å²) < 4.78 is 4.70. The average Bonchev–Trinajstić information content (AvgIpc) is 2.40. The number of benzene rings is 1. The third-order valence-corrected chi connectivity index (χ3v) is 2.93. The van der Waals surface area contributed by atoms with Gasteiger partial charge in [-0.15, -0.1) is 0 Å². The third-order valence-electron chi connectivity index (χ3n) is 2.93. The Morgan fingerprint density at radius 3 is 2.63 bits per heavy atom. The molecular weight excluding hydrogens is 240 g/mol. The number of hydrogen-bond donors (Lipinski definition) is 0. The van der Waals surface area contributed by atoms with Crippen LogP contribution >= 0.6 is 0 Å². The second-order valence-corrected chi connectivity index (χ2v) is 4.75. The minimum Gasteiger partial charge on any atom is -0.469 e.